The Labute approximate surface area is 185 Å². The van der Waals surface area contributed by atoms with Gasteiger partial charge in [0.2, 0.25) is 0 Å². The van der Waals surface area contributed by atoms with E-state index in [0.29, 0.717) is 6.54 Å². The van der Waals surface area contributed by atoms with Crippen molar-refractivity contribution in [1.29, 1.82) is 0 Å². The maximum Gasteiger partial charge on any atom is 0.254 e. The topological polar surface area (TPSA) is 48.5 Å². The molecule has 5 nitrogen and oxygen atoms in total. The maximum absolute atomic E-state index is 13.2. The zero-order valence-electron chi connectivity index (χ0n) is 16.8. The number of carbonyl (C=O) groups is 1. The van der Waals surface area contributed by atoms with Gasteiger partial charge in [-0.3, -0.25) is 14.7 Å². The summed E-state index contributed by atoms with van der Waals surface area (Å²) in [5.74, 6) is 0.103. The first-order chi connectivity index (χ1) is 13.3. The standard InChI is InChI=1S/C22H28N4O.2ClH/c1-2-25(20-9-10-20)16-17-5-7-18(8-6-17)22(27)26-13-12-24-15-21(26)19-4-3-11-23-14-19;;/h3-8,11,14,20-21,24H,2,9-10,12-13,15-16H2,1H3;2*1H. The minimum atomic E-state index is 0. The quantitative estimate of drug-likeness (QED) is 0.749. The molecule has 2 fully saturated rings. The summed E-state index contributed by atoms with van der Waals surface area (Å²) in [6.45, 7) is 6.58. The van der Waals surface area contributed by atoms with Crippen molar-refractivity contribution in [2.75, 3.05) is 26.2 Å². The van der Waals surface area contributed by atoms with Crippen molar-refractivity contribution in [2.24, 2.45) is 0 Å². The van der Waals surface area contributed by atoms with Gasteiger partial charge in [-0.2, -0.15) is 0 Å². The maximum atomic E-state index is 13.2. The Hall–Kier alpha value is -1.66. The van der Waals surface area contributed by atoms with E-state index in [1.54, 1.807) is 6.20 Å². The van der Waals surface area contributed by atoms with Crippen molar-refractivity contribution in [3.8, 4) is 0 Å². The van der Waals surface area contributed by atoms with E-state index in [-0.39, 0.29) is 36.8 Å². The van der Waals surface area contributed by atoms with Gasteiger partial charge in [0.25, 0.3) is 5.91 Å². The summed E-state index contributed by atoms with van der Waals surface area (Å²) in [5, 5.41) is 3.40. The molecule has 158 valence electrons. The van der Waals surface area contributed by atoms with Crippen molar-refractivity contribution in [2.45, 2.75) is 38.4 Å². The smallest absolute Gasteiger partial charge is 0.254 e. The lowest BCUT2D eigenvalue weighted by Crippen LogP contribution is -2.48. The number of amides is 1. The molecule has 2 heterocycles. The number of hydrogen-bond acceptors (Lipinski definition) is 4. The number of carbonyl (C=O) groups excluding carboxylic acids is 1. The second kappa shape index (κ2) is 10.9. The molecule has 1 aliphatic carbocycles. The highest BCUT2D eigenvalue weighted by Gasteiger charge is 2.29. The first kappa shape index (κ1) is 23.6. The average molecular weight is 437 g/mol. The Morgan fingerprint density at radius 3 is 2.59 bits per heavy atom. The van der Waals surface area contributed by atoms with Crippen LogP contribution in [0, 0.1) is 0 Å². The molecular weight excluding hydrogens is 407 g/mol. The molecule has 1 aromatic carbocycles. The molecule has 2 aromatic rings. The van der Waals surface area contributed by atoms with E-state index < -0.39 is 0 Å². The number of benzene rings is 1. The Balaban J connectivity index is 0.00000150. The Kier molecular flexibility index (Phi) is 8.90. The van der Waals surface area contributed by atoms with Crippen LogP contribution in [0.15, 0.2) is 48.8 Å². The number of aromatic nitrogens is 1. The average Bonchev–Trinajstić information content (AvgIpc) is 3.58. The number of piperazine rings is 1. The van der Waals surface area contributed by atoms with Gasteiger partial charge in [-0.15, -0.1) is 24.8 Å². The van der Waals surface area contributed by atoms with Crippen molar-refractivity contribution in [3.63, 3.8) is 0 Å². The normalized spacial score (nSPS) is 18.7. The van der Waals surface area contributed by atoms with Gasteiger partial charge in [0.1, 0.15) is 0 Å². The highest BCUT2D eigenvalue weighted by Crippen LogP contribution is 2.28. The second-order valence-electron chi connectivity index (χ2n) is 7.50. The van der Waals surface area contributed by atoms with Crippen LogP contribution in [-0.4, -0.2) is 52.9 Å². The predicted octanol–water partition coefficient (Wildman–Crippen LogP) is 3.70. The molecule has 4 rings (SSSR count). The Morgan fingerprint density at radius 1 is 1.21 bits per heavy atom. The van der Waals surface area contributed by atoms with Gasteiger partial charge in [-0.25, -0.2) is 0 Å². The first-order valence-corrected chi connectivity index (χ1v) is 10.0. The van der Waals surface area contributed by atoms with Crippen LogP contribution >= 0.6 is 24.8 Å². The molecule has 0 radical (unpaired) electrons. The van der Waals surface area contributed by atoms with Crippen LogP contribution in [0.25, 0.3) is 0 Å². The zero-order chi connectivity index (χ0) is 18.6. The van der Waals surface area contributed by atoms with Gasteiger partial charge in [-0.05, 0) is 48.7 Å². The number of halogens is 2. The summed E-state index contributed by atoms with van der Waals surface area (Å²) in [4.78, 5) is 21.9. The van der Waals surface area contributed by atoms with E-state index in [1.165, 1.54) is 18.4 Å². The third-order valence-electron chi connectivity index (χ3n) is 5.63. The SMILES string of the molecule is CCN(Cc1ccc(C(=O)N2CCNCC2c2cccnc2)cc1)C1CC1.Cl.Cl. The van der Waals surface area contributed by atoms with Gasteiger partial charge in [0.05, 0.1) is 6.04 Å². The zero-order valence-corrected chi connectivity index (χ0v) is 18.4. The molecule has 2 aliphatic rings. The van der Waals surface area contributed by atoms with Gasteiger partial charge in [0.15, 0.2) is 0 Å². The molecule has 1 amide bonds. The minimum Gasteiger partial charge on any atom is -0.329 e. The minimum absolute atomic E-state index is 0. The van der Waals surface area contributed by atoms with Crippen molar-refractivity contribution >= 4 is 30.7 Å². The molecule has 1 unspecified atom stereocenters. The van der Waals surface area contributed by atoms with Crippen LogP contribution in [0.4, 0.5) is 0 Å². The van der Waals surface area contributed by atoms with E-state index in [2.05, 4.69) is 34.3 Å². The summed E-state index contributed by atoms with van der Waals surface area (Å²) in [5.41, 5.74) is 3.13. The predicted molar refractivity (Wildman–Crippen MR) is 121 cm³/mol. The number of nitrogens with zero attached hydrogens (tertiary/aromatic N) is 3. The van der Waals surface area contributed by atoms with E-state index in [4.69, 9.17) is 0 Å². The van der Waals surface area contributed by atoms with Gasteiger partial charge < -0.3 is 10.2 Å². The fourth-order valence-electron chi connectivity index (χ4n) is 3.91. The van der Waals surface area contributed by atoms with Crippen molar-refractivity contribution in [1.82, 2.24) is 20.1 Å². The number of hydrogen-bond donors (Lipinski definition) is 1. The van der Waals surface area contributed by atoms with Gasteiger partial charge in [-0.1, -0.05) is 25.1 Å². The molecule has 0 spiro atoms. The van der Waals surface area contributed by atoms with Crippen molar-refractivity contribution < 1.29 is 4.79 Å². The summed E-state index contributed by atoms with van der Waals surface area (Å²) in [6.07, 6.45) is 6.27. The molecule has 1 aromatic heterocycles. The van der Waals surface area contributed by atoms with Crippen LogP contribution in [0.3, 0.4) is 0 Å². The Morgan fingerprint density at radius 2 is 1.97 bits per heavy atom. The van der Waals surface area contributed by atoms with E-state index in [1.807, 2.05) is 35.4 Å². The summed E-state index contributed by atoms with van der Waals surface area (Å²) >= 11 is 0. The van der Waals surface area contributed by atoms with Crippen LogP contribution in [-0.2, 0) is 6.54 Å². The van der Waals surface area contributed by atoms with E-state index in [9.17, 15) is 4.79 Å². The molecule has 1 saturated heterocycles. The first-order valence-electron chi connectivity index (χ1n) is 10.0. The number of pyridine rings is 1. The lowest BCUT2D eigenvalue weighted by Gasteiger charge is -2.36. The summed E-state index contributed by atoms with van der Waals surface area (Å²) < 4.78 is 0. The fraction of sp³-hybridized carbons (Fsp3) is 0.455. The van der Waals surface area contributed by atoms with Crippen LogP contribution in [0.1, 0.15) is 47.3 Å². The molecule has 1 saturated carbocycles. The summed E-state index contributed by atoms with van der Waals surface area (Å²) in [7, 11) is 0. The number of nitrogens with one attached hydrogen (secondary N) is 1. The molecule has 1 atom stereocenters. The molecule has 29 heavy (non-hydrogen) atoms. The largest absolute Gasteiger partial charge is 0.329 e. The highest BCUT2D eigenvalue weighted by molar-refractivity contribution is 5.94. The molecule has 1 N–H and O–H groups in total. The van der Waals surface area contributed by atoms with Gasteiger partial charge >= 0.3 is 0 Å². The molecular formula is C22H30Cl2N4O. The third kappa shape index (κ3) is 5.70. The van der Waals surface area contributed by atoms with Gasteiger partial charge in [0, 0.05) is 50.2 Å². The monoisotopic (exact) mass is 436 g/mol. The molecule has 0 bridgehead atoms. The Bertz CT molecular complexity index is 768. The molecule has 7 heteroatoms. The van der Waals surface area contributed by atoms with Crippen LogP contribution in [0.5, 0.6) is 0 Å². The summed E-state index contributed by atoms with van der Waals surface area (Å²) in [6, 6.07) is 13.0. The highest BCUT2D eigenvalue weighted by atomic mass is 35.5. The fourth-order valence-corrected chi connectivity index (χ4v) is 3.91. The van der Waals surface area contributed by atoms with Crippen LogP contribution < -0.4 is 5.32 Å². The van der Waals surface area contributed by atoms with Crippen molar-refractivity contribution in [3.05, 3.63) is 65.5 Å². The molecule has 1 aliphatic heterocycles. The van der Waals surface area contributed by atoms with Crippen LogP contribution in [0.2, 0.25) is 0 Å². The van der Waals surface area contributed by atoms with E-state index >= 15 is 0 Å². The number of rotatable bonds is 6. The lowest BCUT2D eigenvalue weighted by molar-refractivity contribution is 0.0634. The van der Waals surface area contributed by atoms with E-state index in [0.717, 1.165) is 43.3 Å². The third-order valence-corrected chi connectivity index (χ3v) is 5.63. The lowest BCUT2D eigenvalue weighted by atomic mass is 10.0. The second-order valence-corrected chi connectivity index (χ2v) is 7.50.